The van der Waals surface area contributed by atoms with E-state index in [1.54, 1.807) is 24.3 Å². The van der Waals surface area contributed by atoms with Gasteiger partial charge in [-0.1, -0.05) is 48.0 Å². The number of carbonyl (C=O) groups excluding carboxylic acids is 2. The number of hydrogen-bond acceptors (Lipinski definition) is 4. The number of nitrogens with zero attached hydrogens (tertiary/aromatic N) is 1. The lowest BCUT2D eigenvalue weighted by molar-refractivity contribution is -0.172. The van der Waals surface area contributed by atoms with Crippen LogP contribution in [0.25, 0.3) is 0 Å². The molecule has 27 heavy (non-hydrogen) atoms. The molecule has 0 radical (unpaired) electrons. The number of rotatable bonds is 6. The molecule has 3 rings (SSSR count). The van der Waals surface area contributed by atoms with Crippen molar-refractivity contribution in [2.75, 3.05) is 6.61 Å². The van der Waals surface area contributed by atoms with Crippen LogP contribution in [0, 0.1) is 5.92 Å². The highest BCUT2D eigenvalue weighted by Gasteiger charge is 2.48. The molecule has 0 bridgehead atoms. The maximum absolute atomic E-state index is 12.5. The van der Waals surface area contributed by atoms with Crippen LogP contribution in [0.3, 0.4) is 0 Å². The van der Waals surface area contributed by atoms with Gasteiger partial charge in [-0.2, -0.15) is 5.06 Å². The molecule has 5 nitrogen and oxygen atoms in total. The third-order valence-corrected chi connectivity index (χ3v) is 4.68. The lowest BCUT2D eigenvalue weighted by Gasteiger charge is -2.16. The summed E-state index contributed by atoms with van der Waals surface area (Å²) in [5.74, 6) is -1.78. The summed E-state index contributed by atoms with van der Waals surface area (Å²) in [5, 5.41) is 10.1. The number of ether oxygens (including phenoxy) is 1. The quantitative estimate of drug-likeness (QED) is 0.481. The van der Waals surface area contributed by atoms with Gasteiger partial charge < -0.3 is 4.74 Å². The minimum Gasteiger partial charge on any atom is -0.490 e. The number of benzene rings is 2. The molecule has 0 unspecified atom stereocenters. The summed E-state index contributed by atoms with van der Waals surface area (Å²) >= 11 is 0. The van der Waals surface area contributed by atoms with Crippen molar-refractivity contribution in [1.29, 1.82) is 0 Å². The van der Waals surface area contributed by atoms with Crippen molar-refractivity contribution in [3.63, 3.8) is 0 Å². The molecular weight excluding hydrogens is 342 g/mol. The minimum atomic E-state index is -0.700. The molecule has 1 fully saturated rings. The SMILES string of the molecule is CC(C)=CCOc1ccc([C@H]2C(=O)N(O)C(=O)[C@H]2Cc2ccccc2)cc1. The molecule has 5 heteroatoms. The summed E-state index contributed by atoms with van der Waals surface area (Å²) in [6.45, 7) is 4.48. The van der Waals surface area contributed by atoms with E-state index in [4.69, 9.17) is 4.74 Å². The fraction of sp³-hybridized carbons (Fsp3) is 0.273. The Hall–Kier alpha value is -2.92. The number of allylic oxidation sites excluding steroid dienone is 1. The molecule has 2 aromatic rings. The van der Waals surface area contributed by atoms with Crippen LogP contribution in [0.1, 0.15) is 30.9 Å². The first kappa shape index (κ1) is 18.9. The van der Waals surface area contributed by atoms with Crippen molar-refractivity contribution in [1.82, 2.24) is 5.06 Å². The molecule has 1 N–H and O–H groups in total. The zero-order valence-corrected chi connectivity index (χ0v) is 15.5. The number of hydrogen-bond donors (Lipinski definition) is 1. The van der Waals surface area contributed by atoms with E-state index in [9.17, 15) is 14.8 Å². The number of imide groups is 1. The average Bonchev–Trinajstić information content (AvgIpc) is 2.87. The number of carbonyl (C=O) groups is 2. The summed E-state index contributed by atoms with van der Waals surface area (Å²) < 4.78 is 5.64. The van der Waals surface area contributed by atoms with E-state index < -0.39 is 23.7 Å². The van der Waals surface area contributed by atoms with Crippen LogP contribution in [0.15, 0.2) is 66.2 Å². The van der Waals surface area contributed by atoms with Gasteiger partial charge in [0.05, 0.1) is 11.8 Å². The van der Waals surface area contributed by atoms with Gasteiger partial charge >= 0.3 is 0 Å². The highest BCUT2D eigenvalue weighted by Crippen LogP contribution is 2.36. The standard InChI is InChI=1S/C22H23NO4/c1-15(2)12-13-27-18-10-8-17(9-11-18)20-19(21(24)23(26)22(20)25)14-16-6-4-3-5-7-16/h3-12,19-20,26H,13-14H2,1-2H3/t19-,20+/m0/s1. The predicted molar refractivity (Wildman–Crippen MR) is 101 cm³/mol. The first-order valence-electron chi connectivity index (χ1n) is 8.94. The van der Waals surface area contributed by atoms with E-state index in [1.807, 2.05) is 50.3 Å². The molecule has 0 spiro atoms. The largest absolute Gasteiger partial charge is 0.490 e. The summed E-state index contributed by atoms with van der Waals surface area (Å²) in [6, 6.07) is 16.6. The normalized spacial score (nSPS) is 19.3. The predicted octanol–water partition coefficient (Wildman–Crippen LogP) is 3.73. The third-order valence-electron chi connectivity index (χ3n) is 4.68. The molecule has 1 saturated heterocycles. The van der Waals surface area contributed by atoms with E-state index in [1.165, 1.54) is 5.57 Å². The van der Waals surface area contributed by atoms with Crippen LogP contribution in [0.4, 0.5) is 0 Å². The van der Waals surface area contributed by atoms with Crippen LogP contribution < -0.4 is 4.74 Å². The topological polar surface area (TPSA) is 66.8 Å². The van der Waals surface area contributed by atoms with Gasteiger partial charge in [0.25, 0.3) is 11.8 Å². The summed E-state index contributed by atoms with van der Waals surface area (Å²) in [6.07, 6.45) is 2.37. The van der Waals surface area contributed by atoms with Crippen LogP contribution in [0.5, 0.6) is 5.75 Å². The Morgan fingerprint density at radius 3 is 2.33 bits per heavy atom. The van der Waals surface area contributed by atoms with Gasteiger partial charge in [0.1, 0.15) is 12.4 Å². The van der Waals surface area contributed by atoms with Crippen LogP contribution in [-0.2, 0) is 16.0 Å². The highest BCUT2D eigenvalue weighted by molar-refractivity contribution is 6.06. The minimum absolute atomic E-state index is 0.261. The Labute approximate surface area is 158 Å². The fourth-order valence-electron chi connectivity index (χ4n) is 3.24. The molecule has 0 aliphatic carbocycles. The van der Waals surface area contributed by atoms with E-state index in [0.29, 0.717) is 24.3 Å². The molecule has 1 aliphatic heterocycles. The zero-order valence-electron chi connectivity index (χ0n) is 15.5. The van der Waals surface area contributed by atoms with Crippen LogP contribution >= 0.6 is 0 Å². The maximum Gasteiger partial charge on any atom is 0.261 e. The Morgan fingerprint density at radius 1 is 1.04 bits per heavy atom. The van der Waals surface area contributed by atoms with E-state index in [0.717, 1.165) is 5.56 Å². The Balaban J connectivity index is 1.80. The second kappa shape index (κ2) is 8.18. The van der Waals surface area contributed by atoms with Crippen LogP contribution in [0.2, 0.25) is 0 Å². The molecule has 2 amide bonds. The van der Waals surface area contributed by atoms with Gasteiger partial charge in [0.15, 0.2) is 0 Å². The molecule has 1 aliphatic rings. The molecule has 1 heterocycles. The molecule has 140 valence electrons. The van der Waals surface area contributed by atoms with Crippen molar-refractivity contribution in [3.8, 4) is 5.75 Å². The second-order valence-corrected chi connectivity index (χ2v) is 6.92. The molecule has 2 atom stereocenters. The Morgan fingerprint density at radius 2 is 1.70 bits per heavy atom. The van der Waals surface area contributed by atoms with Crippen molar-refractivity contribution < 1.29 is 19.5 Å². The highest BCUT2D eigenvalue weighted by atomic mass is 16.5. The average molecular weight is 365 g/mol. The first-order chi connectivity index (χ1) is 13.0. The van der Waals surface area contributed by atoms with Gasteiger partial charge in [-0.25, -0.2) is 0 Å². The van der Waals surface area contributed by atoms with Gasteiger partial charge in [0.2, 0.25) is 0 Å². The number of amides is 2. The lowest BCUT2D eigenvalue weighted by Crippen LogP contribution is -2.27. The van der Waals surface area contributed by atoms with E-state index in [2.05, 4.69) is 0 Å². The van der Waals surface area contributed by atoms with E-state index in [-0.39, 0.29) is 5.06 Å². The maximum atomic E-state index is 12.5. The number of hydroxylamine groups is 2. The van der Waals surface area contributed by atoms with E-state index >= 15 is 0 Å². The summed E-state index contributed by atoms with van der Waals surface area (Å²) in [4.78, 5) is 24.9. The molecule has 0 saturated carbocycles. The second-order valence-electron chi connectivity index (χ2n) is 6.92. The fourth-order valence-corrected chi connectivity index (χ4v) is 3.24. The third kappa shape index (κ3) is 4.26. The first-order valence-corrected chi connectivity index (χ1v) is 8.94. The van der Waals surface area contributed by atoms with Crippen molar-refractivity contribution in [2.24, 2.45) is 5.92 Å². The lowest BCUT2D eigenvalue weighted by atomic mass is 9.84. The molecule has 2 aromatic carbocycles. The van der Waals surface area contributed by atoms with Gasteiger partial charge in [0, 0.05) is 0 Å². The molecule has 0 aromatic heterocycles. The van der Waals surface area contributed by atoms with Gasteiger partial charge in [-0.15, -0.1) is 0 Å². The van der Waals surface area contributed by atoms with Gasteiger partial charge in [-0.05, 0) is 49.6 Å². The summed E-state index contributed by atoms with van der Waals surface area (Å²) in [5.41, 5.74) is 2.82. The Bertz CT molecular complexity index is 838. The van der Waals surface area contributed by atoms with Crippen molar-refractivity contribution in [2.45, 2.75) is 26.2 Å². The van der Waals surface area contributed by atoms with Gasteiger partial charge in [-0.3, -0.25) is 14.8 Å². The molecular formula is C22H23NO4. The summed E-state index contributed by atoms with van der Waals surface area (Å²) in [7, 11) is 0. The van der Waals surface area contributed by atoms with Crippen LogP contribution in [-0.4, -0.2) is 28.7 Å². The Kier molecular flexibility index (Phi) is 5.72. The zero-order chi connectivity index (χ0) is 19.4. The smallest absolute Gasteiger partial charge is 0.261 e. The van der Waals surface area contributed by atoms with Crippen molar-refractivity contribution >= 4 is 11.8 Å². The van der Waals surface area contributed by atoms with Crippen molar-refractivity contribution in [3.05, 3.63) is 77.4 Å². The monoisotopic (exact) mass is 365 g/mol.